The Bertz CT molecular complexity index is 1190. The third-order valence-electron chi connectivity index (χ3n) is 5.68. The molecule has 2 aromatic carbocycles. The number of nitrogens with zero attached hydrogens (tertiary/aromatic N) is 2. The maximum absolute atomic E-state index is 13.6. The molecular weight excluding hydrogens is 427 g/mol. The number of nitrogens with one attached hydrogen (secondary N) is 2. The number of methoxy groups -OCH3 is 2. The minimum Gasteiger partial charge on any atom is -0.496 e. The van der Waals surface area contributed by atoms with Crippen LogP contribution in [0, 0.1) is 5.82 Å². The summed E-state index contributed by atoms with van der Waals surface area (Å²) in [7, 11) is 2.77. The molecule has 1 aliphatic rings. The van der Waals surface area contributed by atoms with E-state index in [9.17, 15) is 14.0 Å². The van der Waals surface area contributed by atoms with E-state index < -0.39 is 17.7 Å². The van der Waals surface area contributed by atoms with Crippen molar-refractivity contribution in [3.63, 3.8) is 0 Å². The van der Waals surface area contributed by atoms with Crippen LogP contribution in [-0.4, -0.2) is 42.4 Å². The third-order valence-corrected chi connectivity index (χ3v) is 5.68. The highest BCUT2D eigenvalue weighted by molar-refractivity contribution is 5.97. The van der Waals surface area contributed by atoms with Crippen molar-refractivity contribution >= 4 is 17.6 Å². The van der Waals surface area contributed by atoms with Gasteiger partial charge in [-0.3, -0.25) is 4.79 Å². The second-order valence-corrected chi connectivity index (χ2v) is 7.82. The number of aromatic nitrogens is 2. The fourth-order valence-electron chi connectivity index (χ4n) is 3.87. The second kappa shape index (κ2) is 9.32. The Morgan fingerprint density at radius 2 is 1.97 bits per heavy atom. The minimum absolute atomic E-state index is 0.126. The first-order chi connectivity index (χ1) is 15.9. The lowest BCUT2D eigenvalue weighted by Gasteiger charge is -2.18. The van der Waals surface area contributed by atoms with Gasteiger partial charge in [-0.05, 0) is 42.3 Å². The largest absolute Gasteiger partial charge is 0.496 e. The third kappa shape index (κ3) is 4.39. The van der Waals surface area contributed by atoms with Crippen molar-refractivity contribution in [3.05, 3.63) is 70.8 Å². The molecule has 0 radical (unpaired) electrons. The van der Waals surface area contributed by atoms with Gasteiger partial charge in [-0.1, -0.05) is 19.1 Å². The molecule has 1 aromatic heterocycles. The van der Waals surface area contributed by atoms with Crippen LogP contribution in [0.1, 0.15) is 51.4 Å². The van der Waals surface area contributed by atoms with Gasteiger partial charge in [-0.2, -0.15) is 5.10 Å². The van der Waals surface area contributed by atoms with E-state index in [1.807, 2.05) is 24.3 Å². The molecule has 9 heteroatoms. The smallest absolute Gasteiger partial charge is 0.358 e. The second-order valence-electron chi connectivity index (χ2n) is 7.82. The fourth-order valence-corrected chi connectivity index (χ4v) is 3.87. The van der Waals surface area contributed by atoms with E-state index in [1.54, 1.807) is 4.68 Å². The molecule has 1 aliphatic heterocycles. The van der Waals surface area contributed by atoms with Gasteiger partial charge in [0.05, 0.1) is 36.9 Å². The van der Waals surface area contributed by atoms with E-state index in [4.69, 9.17) is 9.47 Å². The van der Waals surface area contributed by atoms with Crippen molar-refractivity contribution in [1.82, 2.24) is 15.1 Å². The molecule has 0 bridgehead atoms. The van der Waals surface area contributed by atoms with Crippen molar-refractivity contribution in [2.45, 2.75) is 25.8 Å². The SMILES string of the molecule is COC(=O)c1c2c(nn1-c1ccc(CNC(=O)c3cc(F)ccc3OC)cc1)C(C)CCN2. The summed E-state index contributed by atoms with van der Waals surface area (Å²) in [4.78, 5) is 25.0. The monoisotopic (exact) mass is 452 g/mol. The summed E-state index contributed by atoms with van der Waals surface area (Å²) in [6.45, 7) is 3.08. The van der Waals surface area contributed by atoms with Gasteiger partial charge in [0, 0.05) is 19.0 Å². The summed E-state index contributed by atoms with van der Waals surface area (Å²) in [5.41, 5.74) is 3.55. The normalized spacial score (nSPS) is 14.7. The van der Waals surface area contributed by atoms with Crippen LogP contribution in [0.5, 0.6) is 5.75 Å². The van der Waals surface area contributed by atoms with Crippen LogP contribution in [0.2, 0.25) is 0 Å². The van der Waals surface area contributed by atoms with Crippen LogP contribution >= 0.6 is 0 Å². The Hall–Kier alpha value is -3.88. The summed E-state index contributed by atoms with van der Waals surface area (Å²) in [6, 6.07) is 11.1. The predicted molar refractivity (Wildman–Crippen MR) is 121 cm³/mol. The molecule has 4 rings (SSSR count). The number of ether oxygens (including phenoxy) is 2. The van der Waals surface area contributed by atoms with E-state index in [0.29, 0.717) is 22.8 Å². The van der Waals surface area contributed by atoms with E-state index >= 15 is 0 Å². The average Bonchev–Trinajstić information content (AvgIpc) is 3.23. The first kappa shape index (κ1) is 22.3. The number of anilines is 1. The Morgan fingerprint density at radius 1 is 1.21 bits per heavy atom. The maximum atomic E-state index is 13.6. The number of esters is 1. The first-order valence-electron chi connectivity index (χ1n) is 10.6. The first-order valence-corrected chi connectivity index (χ1v) is 10.6. The van der Waals surface area contributed by atoms with Crippen molar-refractivity contribution in [3.8, 4) is 11.4 Å². The van der Waals surface area contributed by atoms with Crippen LogP contribution in [0.4, 0.5) is 10.1 Å². The number of fused-ring (bicyclic) bond motifs is 1. The van der Waals surface area contributed by atoms with Gasteiger partial charge in [-0.25, -0.2) is 13.9 Å². The lowest BCUT2D eigenvalue weighted by molar-refractivity contribution is 0.0591. The van der Waals surface area contributed by atoms with Crippen LogP contribution in [0.15, 0.2) is 42.5 Å². The summed E-state index contributed by atoms with van der Waals surface area (Å²) in [5.74, 6) is -0.906. The number of halogens is 1. The molecule has 0 fully saturated rings. The Labute approximate surface area is 190 Å². The zero-order valence-corrected chi connectivity index (χ0v) is 18.6. The van der Waals surface area contributed by atoms with Crippen LogP contribution in [-0.2, 0) is 11.3 Å². The zero-order valence-electron chi connectivity index (χ0n) is 18.6. The molecule has 2 N–H and O–H groups in total. The molecule has 0 saturated carbocycles. The standard InChI is InChI=1S/C24H25FN4O4/c1-14-10-11-26-21-20(14)28-29(22(21)24(31)33-3)17-7-4-15(5-8-17)13-27-23(30)18-12-16(25)6-9-19(18)32-2/h4-9,12,14,26H,10-11,13H2,1-3H3,(H,27,30). The van der Waals surface area contributed by atoms with Crippen molar-refractivity contribution in [2.24, 2.45) is 0 Å². The van der Waals surface area contributed by atoms with Gasteiger partial charge in [-0.15, -0.1) is 0 Å². The number of carbonyl (C=O) groups is 2. The quantitative estimate of drug-likeness (QED) is 0.555. The van der Waals surface area contributed by atoms with Gasteiger partial charge in [0.25, 0.3) is 5.91 Å². The van der Waals surface area contributed by atoms with Gasteiger partial charge < -0.3 is 20.1 Å². The topological polar surface area (TPSA) is 94.5 Å². The summed E-state index contributed by atoms with van der Waals surface area (Å²) >= 11 is 0. The van der Waals surface area contributed by atoms with Gasteiger partial charge in [0.2, 0.25) is 0 Å². The number of benzene rings is 2. The Kier molecular flexibility index (Phi) is 6.30. The molecule has 1 unspecified atom stereocenters. The van der Waals surface area contributed by atoms with E-state index in [1.165, 1.54) is 26.4 Å². The number of hydrogen-bond donors (Lipinski definition) is 2. The van der Waals surface area contributed by atoms with Crippen LogP contribution < -0.4 is 15.4 Å². The lowest BCUT2D eigenvalue weighted by Crippen LogP contribution is -2.23. The number of hydrogen-bond acceptors (Lipinski definition) is 6. The van der Waals surface area contributed by atoms with E-state index in [0.717, 1.165) is 30.3 Å². The molecule has 172 valence electrons. The van der Waals surface area contributed by atoms with E-state index in [-0.39, 0.29) is 18.0 Å². The molecule has 0 aliphatic carbocycles. The van der Waals surface area contributed by atoms with Crippen LogP contribution in [0.25, 0.3) is 5.69 Å². The molecule has 3 aromatic rings. The zero-order chi connectivity index (χ0) is 23.5. The highest BCUT2D eigenvalue weighted by atomic mass is 19.1. The van der Waals surface area contributed by atoms with Crippen molar-refractivity contribution in [2.75, 3.05) is 26.1 Å². The van der Waals surface area contributed by atoms with Crippen molar-refractivity contribution in [1.29, 1.82) is 0 Å². The molecule has 2 heterocycles. The number of rotatable bonds is 6. The van der Waals surface area contributed by atoms with Gasteiger partial charge in [0.1, 0.15) is 11.6 Å². The lowest BCUT2D eigenvalue weighted by atomic mass is 9.98. The molecule has 1 amide bonds. The van der Waals surface area contributed by atoms with Crippen LogP contribution in [0.3, 0.4) is 0 Å². The molecule has 0 saturated heterocycles. The highest BCUT2D eigenvalue weighted by Gasteiger charge is 2.30. The molecule has 1 atom stereocenters. The van der Waals surface area contributed by atoms with Gasteiger partial charge >= 0.3 is 5.97 Å². The highest BCUT2D eigenvalue weighted by Crippen LogP contribution is 2.35. The van der Waals surface area contributed by atoms with Crippen molar-refractivity contribution < 1.29 is 23.5 Å². The summed E-state index contributed by atoms with van der Waals surface area (Å²) < 4.78 is 25.3. The molecule has 8 nitrogen and oxygen atoms in total. The fraction of sp³-hybridized carbons (Fsp3) is 0.292. The predicted octanol–water partition coefficient (Wildman–Crippen LogP) is 3.66. The Balaban J connectivity index is 1.54. The van der Waals surface area contributed by atoms with E-state index in [2.05, 4.69) is 22.7 Å². The summed E-state index contributed by atoms with van der Waals surface area (Å²) in [6.07, 6.45) is 0.930. The minimum atomic E-state index is -0.516. The Morgan fingerprint density at radius 3 is 2.67 bits per heavy atom. The maximum Gasteiger partial charge on any atom is 0.358 e. The summed E-state index contributed by atoms with van der Waals surface area (Å²) in [5, 5.41) is 10.7. The molecule has 33 heavy (non-hydrogen) atoms. The molecule has 0 spiro atoms. The molecular formula is C24H25FN4O4. The van der Waals surface area contributed by atoms with Gasteiger partial charge in [0.15, 0.2) is 5.69 Å². The number of amides is 1. The number of carbonyl (C=O) groups excluding carboxylic acids is 2. The average molecular weight is 452 g/mol.